The lowest BCUT2D eigenvalue weighted by Gasteiger charge is -2.23. The molecule has 1 atom stereocenters. The molecule has 2 rings (SSSR count). The zero-order chi connectivity index (χ0) is 13.3. The molecule has 1 aliphatic carbocycles. The number of hydrogen-bond donors (Lipinski definition) is 1. The highest BCUT2D eigenvalue weighted by atomic mass is 16.4. The highest BCUT2D eigenvalue weighted by Crippen LogP contribution is 2.29. The van der Waals surface area contributed by atoms with Gasteiger partial charge in [0.2, 0.25) is 0 Å². The van der Waals surface area contributed by atoms with Crippen molar-refractivity contribution in [1.82, 2.24) is 14.7 Å². The van der Waals surface area contributed by atoms with Crippen molar-refractivity contribution in [3.8, 4) is 0 Å². The largest absolute Gasteiger partial charge is 0.481 e. The van der Waals surface area contributed by atoms with E-state index in [1.807, 2.05) is 0 Å². The second kappa shape index (κ2) is 4.80. The summed E-state index contributed by atoms with van der Waals surface area (Å²) in [4.78, 5) is 24.8. The number of rotatable bonds is 5. The van der Waals surface area contributed by atoms with Gasteiger partial charge >= 0.3 is 5.97 Å². The molecule has 1 aromatic rings. The Morgan fingerprint density at radius 1 is 1.61 bits per heavy atom. The molecule has 0 saturated heterocycles. The summed E-state index contributed by atoms with van der Waals surface area (Å²) in [5.41, 5.74) is 0.516. The van der Waals surface area contributed by atoms with E-state index in [1.165, 1.54) is 6.20 Å². The summed E-state index contributed by atoms with van der Waals surface area (Å²) in [7, 11) is 1.75. The van der Waals surface area contributed by atoms with E-state index in [4.69, 9.17) is 5.11 Å². The zero-order valence-corrected chi connectivity index (χ0v) is 10.5. The fourth-order valence-electron chi connectivity index (χ4n) is 1.85. The Kier molecular flexibility index (Phi) is 3.36. The first-order chi connectivity index (χ1) is 8.49. The predicted octanol–water partition coefficient (Wildman–Crippen LogP) is 0.745. The number of aromatic nitrogens is 2. The molecular formula is C12H17N3O3. The Balaban J connectivity index is 2.10. The number of aliphatic carboxylic acids is 1. The number of hydrogen-bond acceptors (Lipinski definition) is 3. The number of carbonyl (C=O) groups excluding carboxylic acids is 1. The molecule has 1 saturated carbocycles. The number of carboxylic acids is 1. The molecule has 1 aromatic heterocycles. The molecule has 0 unspecified atom stereocenters. The van der Waals surface area contributed by atoms with Crippen molar-refractivity contribution in [2.75, 3.05) is 6.54 Å². The maximum absolute atomic E-state index is 12.3. The van der Waals surface area contributed by atoms with Crippen LogP contribution in [0.2, 0.25) is 0 Å². The van der Waals surface area contributed by atoms with E-state index in [9.17, 15) is 9.59 Å². The number of carboxylic acid groups (broad SMARTS) is 1. The van der Waals surface area contributed by atoms with Gasteiger partial charge in [0.25, 0.3) is 5.91 Å². The molecule has 18 heavy (non-hydrogen) atoms. The number of amides is 1. The molecule has 1 fully saturated rings. The van der Waals surface area contributed by atoms with Crippen LogP contribution in [0.15, 0.2) is 12.4 Å². The minimum absolute atomic E-state index is 0.126. The van der Waals surface area contributed by atoms with Gasteiger partial charge in [-0.1, -0.05) is 6.92 Å². The minimum atomic E-state index is -0.875. The van der Waals surface area contributed by atoms with E-state index in [0.29, 0.717) is 5.56 Å². The lowest BCUT2D eigenvalue weighted by molar-refractivity contribution is -0.141. The van der Waals surface area contributed by atoms with Crippen molar-refractivity contribution in [1.29, 1.82) is 0 Å². The fourth-order valence-corrected chi connectivity index (χ4v) is 1.85. The summed E-state index contributed by atoms with van der Waals surface area (Å²) in [6.07, 6.45) is 5.09. The lowest BCUT2D eigenvalue weighted by atomic mass is 10.1. The number of aryl methyl sites for hydroxylation is 1. The fraction of sp³-hybridized carbons (Fsp3) is 0.583. The molecule has 0 aliphatic heterocycles. The normalized spacial score (nSPS) is 16.3. The third-order valence-corrected chi connectivity index (χ3v) is 3.09. The van der Waals surface area contributed by atoms with E-state index in [-0.39, 0.29) is 18.5 Å². The third-order valence-electron chi connectivity index (χ3n) is 3.09. The standard InChI is InChI=1S/C12H17N3O3/c1-8(12(17)18)6-15(10-3-4-10)11(16)9-5-13-14(2)7-9/h5,7-8,10H,3-4,6H2,1-2H3,(H,17,18)/t8-/m0/s1. The first-order valence-electron chi connectivity index (χ1n) is 6.01. The quantitative estimate of drug-likeness (QED) is 0.837. The van der Waals surface area contributed by atoms with Crippen molar-refractivity contribution in [3.05, 3.63) is 18.0 Å². The van der Waals surface area contributed by atoms with Crippen LogP contribution in [-0.2, 0) is 11.8 Å². The predicted molar refractivity (Wildman–Crippen MR) is 64.1 cm³/mol. The van der Waals surface area contributed by atoms with Gasteiger partial charge in [-0.3, -0.25) is 14.3 Å². The summed E-state index contributed by atoms with van der Waals surface area (Å²) in [6, 6.07) is 0.194. The summed E-state index contributed by atoms with van der Waals surface area (Å²) in [6.45, 7) is 1.88. The van der Waals surface area contributed by atoms with Crippen molar-refractivity contribution in [3.63, 3.8) is 0 Å². The Labute approximate surface area is 105 Å². The van der Waals surface area contributed by atoms with E-state index in [2.05, 4.69) is 5.10 Å². The van der Waals surface area contributed by atoms with Crippen molar-refractivity contribution in [2.24, 2.45) is 13.0 Å². The number of carbonyl (C=O) groups is 2. The first-order valence-corrected chi connectivity index (χ1v) is 6.01. The van der Waals surface area contributed by atoms with E-state index >= 15 is 0 Å². The topological polar surface area (TPSA) is 75.4 Å². The van der Waals surface area contributed by atoms with Crippen LogP contribution in [0, 0.1) is 5.92 Å². The Morgan fingerprint density at radius 2 is 2.28 bits per heavy atom. The molecule has 6 heteroatoms. The van der Waals surface area contributed by atoms with Crippen LogP contribution in [0.1, 0.15) is 30.1 Å². The van der Waals surface area contributed by atoms with E-state index in [0.717, 1.165) is 12.8 Å². The molecule has 1 heterocycles. The van der Waals surface area contributed by atoms with Gasteiger partial charge in [0.05, 0.1) is 17.7 Å². The van der Waals surface area contributed by atoms with E-state index < -0.39 is 11.9 Å². The molecular weight excluding hydrogens is 234 g/mol. The van der Waals surface area contributed by atoms with Crippen LogP contribution in [0.4, 0.5) is 0 Å². The smallest absolute Gasteiger partial charge is 0.308 e. The second-order valence-electron chi connectivity index (χ2n) is 4.83. The Hall–Kier alpha value is -1.85. The first kappa shape index (κ1) is 12.6. The Bertz CT molecular complexity index is 465. The SMILES string of the molecule is C[C@@H](CN(C(=O)c1cnn(C)c1)C1CC1)C(=O)O. The van der Waals surface area contributed by atoms with Crippen LogP contribution in [0.25, 0.3) is 0 Å². The van der Waals surface area contributed by atoms with Crippen molar-refractivity contribution < 1.29 is 14.7 Å². The van der Waals surface area contributed by atoms with Crippen LogP contribution >= 0.6 is 0 Å². The average Bonchev–Trinajstić information content (AvgIpc) is 3.07. The molecule has 0 aromatic carbocycles. The highest BCUT2D eigenvalue weighted by molar-refractivity contribution is 5.94. The van der Waals surface area contributed by atoms with Gasteiger partial charge in [0.15, 0.2) is 0 Å². The van der Waals surface area contributed by atoms with Crippen LogP contribution in [-0.4, -0.2) is 44.3 Å². The van der Waals surface area contributed by atoms with Crippen LogP contribution < -0.4 is 0 Å². The molecule has 1 aliphatic rings. The summed E-state index contributed by atoms with van der Waals surface area (Å²) >= 11 is 0. The average molecular weight is 251 g/mol. The molecule has 1 N–H and O–H groups in total. The van der Waals surface area contributed by atoms with Crippen molar-refractivity contribution >= 4 is 11.9 Å². The molecule has 6 nitrogen and oxygen atoms in total. The monoisotopic (exact) mass is 251 g/mol. The zero-order valence-electron chi connectivity index (χ0n) is 10.5. The molecule has 0 bridgehead atoms. The summed E-state index contributed by atoms with van der Waals surface area (Å²) in [5.74, 6) is -1.55. The number of nitrogens with zero attached hydrogens (tertiary/aromatic N) is 3. The van der Waals surface area contributed by atoms with Crippen molar-refractivity contribution in [2.45, 2.75) is 25.8 Å². The molecule has 0 radical (unpaired) electrons. The van der Waals surface area contributed by atoms with Gasteiger partial charge in [0.1, 0.15) is 0 Å². The van der Waals surface area contributed by atoms with Gasteiger partial charge in [-0.25, -0.2) is 0 Å². The van der Waals surface area contributed by atoms with Crippen LogP contribution in [0.3, 0.4) is 0 Å². The maximum Gasteiger partial charge on any atom is 0.308 e. The Morgan fingerprint density at radius 3 is 2.72 bits per heavy atom. The van der Waals surface area contributed by atoms with E-state index in [1.54, 1.807) is 29.7 Å². The van der Waals surface area contributed by atoms with Crippen LogP contribution in [0.5, 0.6) is 0 Å². The highest BCUT2D eigenvalue weighted by Gasteiger charge is 2.35. The molecule has 98 valence electrons. The summed E-state index contributed by atoms with van der Waals surface area (Å²) < 4.78 is 1.57. The third kappa shape index (κ3) is 2.69. The maximum atomic E-state index is 12.3. The lowest BCUT2D eigenvalue weighted by Crippen LogP contribution is -2.38. The molecule has 1 amide bonds. The van der Waals surface area contributed by atoms with Gasteiger partial charge in [-0.05, 0) is 12.8 Å². The second-order valence-corrected chi connectivity index (χ2v) is 4.83. The van der Waals surface area contributed by atoms with Gasteiger partial charge in [0, 0.05) is 25.8 Å². The van der Waals surface area contributed by atoms with Gasteiger partial charge < -0.3 is 10.0 Å². The minimum Gasteiger partial charge on any atom is -0.481 e. The van der Waals surface area contributed by atoms with Gasteiger partial charge in [-0.15, -0.1) is 0 Å². The summed E-state index contributed by atoms with van der Waals surface area (Å²) in [5, 5.41) is 12.9. The van der Waals surface area contributed by atoms with Gasteiger partial charge in [-0.2, -0.15) is 5.10 Å². The molecule has 0 spiro atoms.